The van der Waals surface area contributed by atoms with Crippen LogP contribution in [0.3, 0.4) is 0 Å². The number of imidazole rings is 1. The lowest BCUT2D eigenvalue weighted by molar-refractivity contribution is -0.113. The SMILES string of the molecule is Cc1cc(I)ccc1NC(=O)CSc1nc2cc(F)c(F)cc2[nH]1. The van der Waals surface area contributed by atoms with E-state index in [1.165, 1.54) is 11.8 Å². The van der Waals surface area contributed by atoms with E-state index >= 15 is 0 Å². The number of aryl methyl sites for hydroxylation is 1. The van der Waals surface area contributed by atoms with Gasteiger partial charge in [-0.2, -0.15) is 0 Å². The van der Waals surface area contributed by atoms with Gasteiger partial charge in [-0.15, -0.1) is 0 Å². The van der Waals surface area contributed by atoms with Gasteiger partial charge in [-0.25, -0.2) is 13.8 Å². The maximum Gasteiger partial charge on any atom is 0.234 e. The Kier molecular flexibility index (Phi) is 5.04. The second-order valence-corrected chi connectivity index (χ2v) is 7.33. The van der Waals surface area contributed by atoms with Crippen molar-refractivity contribution < 1.29 is 13.6 Å². The molecule has 0 saturated heterocycles. The fourth-order valence-corrected chi connectivity index (χ4v) is 3.47. The number of nitrogens with zero attached hydrogens (tertiary/aromatic N) is 1. The normalized spacial score (nSPS) is 11.0. The van der Waals surface area contributed by atoms with Crippen LogP contribution in [0.4, 0.5) is 14.5 Å². The van der Waals surface area contributed by atoms with Gasteiger partial charge in [-0.05, 0) is 53.3 Å². The van der Waals surface area contributed by atoms with E-state index in [0.29, 0.717) is 16.2 Å². The highest BCUT2D eigenvalue weighted by Crippen LogP contribution is 2.22. The lowest BCUT2D eigenvalue weighted by atomic mass is 10.2. The Morgan fingerprint density at radius 3 is 2.79 bits per heavy atom. The van der Waals surface area contributed by atoms with E-state index in [1.807, 2.05) is 25.1 Å². The molecule has 0 spiro atoms. The number of nitrogens with one attached hydrogen (secondary N) is 2. The molecule has 0 aliphatic heterocycles. The van der Waals surface area contributed by atoms with Gasteiger partial charge in [0, 0.05) is 21.4 Å². The molecule has 8 heteroatoms. The number of rotatable bonds is 4. The number of aromatic amines is 1. The molecule has 4 nitrogen and oxygen atoms in total. The van der Waals surface area contributed by atoms with E-state index < -0.39 is 11.6 Å². The van der Waals surface area contributed by atoms with Gasteiger partial charge >= 0.3 is 0 Å². The standard InChI is InChI=1S/C16H12F2IN3OS/c1-8-4-9(19)2-3-12(8)20-15(23)7-24-16-21-13-5-10(17)11(18)6-14(13)22-16/h2-6H,7H2,1H3,(H,20,23)(H,21,22). The summed E-state index contributed by atoms with van der Waals surface area (Å²) < 4.78 is 27.5. The fraction of sp³-hybridized carbons (Fsp3) is 0.125. The quantitative estimate of drug-likeness (QED) is 0.447. The van der Waals surface area contributed by atoms with Crippen LogP contribution in [0.5, 0.6) is 0 Å². The number of fused-ring (bicyclic) bond motifs is 1. The molecule has 0 radical (unpaired) electrons. The maximum absolute atomic E-state index is 13.2. The Morgan fingerprint density at radius 1 is 1.29 bits per heavy atom. The van der Waals surface area contributed by atoms with Crippen molar-refractivity contribution in [3.8, 4) is 0 Å². The zero-order chi connectivity index (χ0) is 17.3. The van der Waals surface area contributed by atoms with Gasteiger partial charge < -0.3 is 10.3 Å². The van der Waals surface area contributed by atoms with Crippen LogP contribution in [0.25, 0.3) is 11.0 Å². The van der Waals surface area contributed by atoms with Crippen molar-refractivity contribution in [2.24, 2.45) is 0 Å². The highest BCUT2D eigenvalue weighted by Gasteiger charge is 2.11. The summed E-state index contributed by atoms with van der Waals surface area (Å²) in [5.41, 5.74) is 2.46. The molecule has 1 aromatic heterocycles. The predicted octanol–water partition coefficient (Wildman–Crippen LogP) is 4.48. The zero-order valence-corrected chi connectivity index (χ0v) is 15.5. The molecule has 0 bridgehead atoms. The Bertz CT molecular complexity index is 890. The maximum atomic E-state index is 13.2. The molecule has 3 aromatic rings. The Hall–Kier alpha value is -1.68. The first kappa shape index (κ1) is 17.2. The number of aromatic nitrogens is 2. The van der Waals surface area contributed by atoms with Gasteiger partial charge in [-0.1, -0.05) is 11.8 Å². The number of amides is 1. The number of hydrogen-bond acceptors (Lipinski definition) is 3. The number of carbonyl (C=O) groups is 1. The number of anilines is 1. The van der Waals surface area contributed by atoms with E-state index in [1.54, 1.807) is 0 Å². The molecule has 1 amide bonds. The first-order valence-corrected chi connectivity index (χ1v) is 9.02. The second-order valence-electron chi connectivity index (χ2n) is 5.12. The number of carbonyl (C=O) groups excluding carboxylic acids is 1. The van der Waals surface area contributed by atoms with Crippen molar-refractivity contribution in [1.29, 1.82) is 0 Å². The molecule has 2 N–H and O–H groups in total. The van der Waals surface area contributed by atoms with Gasteiger partial charge in [0.15, 0.2) is 16.8 Å². The third-order valence-electron chi connectivity index (χ3n) is 3.30. The average Bonchev–Trinajstić information content (AvgIpc) is 2.90. The van der Waals surface area contributed by atoms with Crippen LogP contribution >= 0.6 is 34.4 Å². The van der Waals surface area contributed by atoms with Crippen molar-refractivity contribution >= 4 is 57.0 Å². The second kappa shape index (κ2) is 7.06. The summed E-state index contributed by atoms with van der Waals surface area (Å²) in [5.74, 6) is -1.93. The molecule has 0 atom stereocenters. The summed E-state index contributed by atoms with van der Waals surface area (Å²) in [6, 6.07) is 7.83. The molecule has 2 aromatic carbocycles. The van der Waals surface area contributed by atoms with Crippen LogP contribution in [-0.4, -0.2) is 21.6 Å². The van der Waals surface area contributed by atoms with Crippen molar-refractivity contribution in [2.45, 2.75) is 12.1 Å². The van der Waals surface area contributed by atoms with Gasteiger partial charge in [0.1, 0.15) is 0 Å². The Morgan fingerprint density at radius 2 is 2.04 bits per heavy atom. The number of thioether (sulfide) groups is 1. The van der Waals surface area contributed by atoms with Gasteiger partial charge in [-0.3, -0.25) is 4.79 Å². The summed E-state index contributed by atoms with van der Waals surface area (Å²) in [5, 5.41) is 3.27. The summed E-state index contributed by atoms with van der Waals surface area (Å²) in [6.07, 6.45) is 0. The Balaban J connectivity index is 1.65. The van der Waals surface area contributed by atoms with Crippen molar-refractivity contribution in [1.82, 2.24) is 9.97 Å². The van der Waals surface area contributed by atoms with Gasteiger partial charge in [0.05, 0.1) is 16.8 Å². The number of hydrogen-bond donors (Lipinski definition) is 2. The monoisotopic (exact) mass is 459 g/mol. The largest absolute Gasteiger partial charge is 0.333 e. The minimum Gasteiger partial charge on any atom is -0.333 e. The summed E-state index contributed by atoms with van der Waals surface area (Å²) in [6.45, 7) is 1.92. The molecule has 0 unspecified atom stereocenters. The van der Waals surface area contributed by atoms with Crippen molar-refractivity contribution in [2.75, 3.05) is 11.1 Å². The third-order valence-corrected chi connectivity index (χ3v) is 4.85. The molecule has 24 heavy (non-hydrogen) atoms. The average molecular weight is 459 g/mol. The third kappa shape index (κ3) is 3.86. The molecule has 0 aliphatic rings. The van der Waals surface area contributed by atoms with E-state index in [-0.39, 0.29) is 11.7 Å². The number of H-pyrrole nitrogens is 1. The van der Waals surface area contributed by atoms with E-state index in [4.69, 9.17) is 0 Å². The highest BCUT2D eigenvalue weighted by atomic mass is 127. The number of benzene rings is 2. The van der Waals surface area contributed by atoms with Gasteiger partial charge in [0.2, 0.25) is 5.91 Å². The molecular weight excluding hydrogens is 447 g/mol. The van der Waals surface area contributed by atoms with Crippen LogP contribution in [0, 0.1) is 22.1 Å². The van der Waals surface area contributed by atoms with E-state index in [9.17, 15) is 13.6 Å². The topological polar surface area (TPSA) is 57.8 Å². The molecule has 3 rings (SSSR count). The van der Waals surface area contributed by atoms with Crippen molar-refractivity contribution in [3.63, 3.8) is 0 Å². The molecule has 0 aliphatic carbocycles. The van der Waals surface area contributed by atoms with Gasteiger partial charge in [0.25, 0.3) is 0 Å². The first-order valence-electron chi connectivity index (χ1n) is 6.96. The number of halogens is 3. The zero-order valence-electron chi connectivity index (χ0n) is 12.5. The molecule has 0 saturated carbocycles. The van der Waals surface area contributed by atoms with Crippen molar-refractivity contribution in [3.05, 3.63) is 51.1 Å². The minimum atomic E-state index is -0.947. The van der Waals surface area contributed by atoms with E-state index in [0.717, 1.165) is 27.0 Å². The van der Waals surface area contributed by atoms with Crippen LogP contribution in [0.2, 0.25) is 0 Å². The van der Waals surface area contributed by atoms with Crippen LogP contribution in [0.15, 0.2) is 35.5 Å². The van der Waals surface area contributed by atoms with E-state index in [2.05, 4.69) is 37.9 Å². The Labute approximate surface area is 154 Å². The summed E-state index contributed by atoms with van der Waals surface area (Å²) in [7, 11) is 0. The summed E-state index contributed by atoms with van der Waals surface area (Å²) in [4.78, 5) is 19.1. The van der Waals surface area contributed by atoms with Crippen LogP contribution in [0.1, 0.15) is 5.56 Å². The molecular formula is C16H12F2IN3OS. The minimum absolute atomic E-state index is 0.135. The highest BCUT2D eigenvalue weighted by molar-refractivity contribution is 14.1. The first-order chi connectivity index (χ1) is 11.4. The molecule has 0 fully saturated rings. The lowest BCUT2D eigenvalue weighted by Gasteiger charge is -2.08. The molecule has 124 valence electrons. The fourth-order valence-electron chi connectivity index (χ4n) is 2.14. The molecule has 1 heterocycles. The predicted molar refractivity (Wildman–Crippen MR) is 99.3 cm³/mol. The van der Waals surface area contributed by atoms with Crippen LogP contribution in [-0.2, 0) is 4.79 Å². The lowest BCUT2D eigenvalue weighted by Crippen LogP contribution is -2.15. The van der Waals surface area contributed by atoms with Crippen LogP contribution < -0.4 is 5.32 Å². The smallest absolute Gasteiger partial charge is 0.234 e. The summed E-state index contributed by atoms with van der Waals surface area (Å²) >= 11 is 3.38.